The zero-order chi connectivity index (χ0) is 13.8. The van der Waals surface area contributed by atoms with E-state index in [-0.39, 0.29) is 0 Å². The third-order valence-electron chi connectivity index (χ3n) is 3.22. The van der Waals surface area contributed by atoms with Crippen molar-refractivity contribution >= 4 is 5.97 Å². The van der Waals surface area contributed by atoms with Crippen LogP contribution in [-0.2, 0) is 4.79 Å². The molecule has 0 amide bonds. The van der Waals surface area contributed by atoms with E-state index >= 15 is 0 Å². The first-order valence-electron chi connectivity index (χ1n) is 7.42. The molecule has 0 aromatic carbocycles. The third kappa shape index (κ3) is 13.3. The molecule has 0 heterocycles. The fourth-order valence-electron chi connectivity index (χ4n) is 2.12. The molecule has 0 aliphatic carbocycles. The molecule has 0 unspecified atom stereocenters. The highest BCUT2D eigenvalue weighted by atomic mass is 16.4. The number of carbonyl (C=O) groups is 1. The Balaban J connectivity index is 3.24. The summed E-state index contributed by atoms with van der Waals surface area (Å²) in [6.07, 6.45) is 12.7. The standard InChI is InChI=1S/C16H30O2/c1-14(2)11-9-7-5-4-6-8-10-12-15(3)13-16(17)18/h13-14H,4-12H2,1-3H3,(H,17,18). The molecular formula is C16H30O2. The van der Waals surface area contributed by atoms with Crippen molar-refractivity contribution in [1.82, 2.24) is 0 Å². The highest BCUT2D eigenvalue weighted by molar-refractivity contribution is 5.80. The average Bonchev–Trinajstić information content (AvgIpc) is 2.25. The molecule has 0 rings (SSSR count). The molecule has 106 valence electrons. The molecule has 2 nitrogen and oxygen atoms in total. The SMILES string of the molecule is CC(=CC(=O)O)CCCCCCCCCC(C)C. The summed E-state index contributed by atoms with van der Waals surface area (Å²) in [6.45, 7) is 6.47. The Hall–Kier alpha value is -0.790. The highest BCUT2D eigenvalue weighted by Gasteiger charge is 1.97. The summed E-state index contributed by atoms with van der Waals surface area (Å²) >= 11 is 0. The minimum atomic E-state index is -0.822. The quantitative estimate of drug-likeness (QED) is 0.407. The molecule has 0 spiro atoms. The number of hydrogen-bond acceptors (Lipinski definition) is 1. The van der Waals surface area contributed by atoms with Crippen LogP contribution in [-0.4, -0.2) is 11.1 Å². The molecule has 0 atom stereocenters. The van der Waals surface area contributed by atoms with Crippen LogP contribution < -0.4 is 0 Å². The maximum atomic E-state index is 10.4. The van der Waals surface area contributed by atoms with Crippen molar-refractivity contribution in [3.8, 4) is 0 Å². The molecular weight excluding hydrogens is 224 g/mol. The van der Waals surface area contributed by atoms with Gasteiger partial charge in [-0.1, -0.05) is 64.4 Å². The summed E-state index contributed by atoms with van der Waals surface area (Å²) in [6, 6.07) is 0. The summed E-state index contributed by atoms with van der Waals surface area (Å²) in [5, 5.41) is 8.57. The minimum absolute atomic E-state index is 0.822. The van der Waals surface area contributed by atoms with Gasteiger partial charge in [0.2, 0.25) is 0 Å². The van der Waals surface area contributed by atoms with Gasteiger partial charge in [-0.2, -0.15) is 0 Å². The van der Waals surface area contributed by atoms with Crippen LogP contribution in [0.3, 0.4) is 0 Å². The highest BCUT2D eigenvalue weighted by Crippen LogP contribution is 2.14. The lowest BCUT2D eigenvalue weighted by atomic mass is 10.0. The topological polar surface area (TPSA) is 37.3 Å². The molecule has 0 radical (unpaired) electrons. The number of carboxylic acid groups (broad SMARTS) is 1. The third-order valence-corrected chi connectivity index (χ3v) is 3.22. The van der Waals surface area contributed by atoms with E-state index in [2.05, 4.69) is 13.8 Å². The lowest BCUT2D eigenvalue weighted by molar-refractivity contribution is -0.131. The van der Waals surface area contributed by atoms with Gasteiger partial charge in [-0.25, -0.2) is 4.79 Å². The lowest BCUT2D eigenvalue weighted by Crippen LogP contribution is -1.90. The van der Waals surface area contributed by atoms with Crippen molar-refractivity contribution in [2.75, 3.05) is 0 Å². The Bertz CT molecular complexity index is 241. The van der Waals surface area contributed by atoms with Crippen molar-refractivity contribution in [3.63, 3.8) is 0 Å². The van der Waals surface area contributed by atoms with E-state index in [1.54, 1.807) is 0 Å². The summed E-state index contributed by atoms with van der Waals surface area (Å²) in [7, 11) is 0. The molecule has 2 heteroatoms. The molecule has 1 N–H and O–H groups in total. The maximum absolute atomic E-state index is 10.4. The second-order valence-corrected chi connectivity index (χ2v) is 5.74. The van der Waals surface area contributed by atoms with Crippen LogP contribution in [0, 0.1) is 5.92 Å². The van der Waals surface area contributed by atoms with Gasteiger partial charge < -0.3 is 5.11 Å². The zero-order valence-electron chi connectivity index (χ0n) is 12.4. The first kappa shape index (κ1) is 17.2. The molecule has 0 aromatic rings. The molecule has 0 aliphatic heterocycles. The number of rotatable bonds is 11. The number of unbranched alkanes of at least 4 members (excludes halogenated alkanes) is 6. The smallest absolute Gasteiger partial charge is 0.328 e. The summed E-state index contributed by atoms with van der Waals surface area (Å²) in [4.78, 5) is 10.4. The van der Waals surface area contributed by atoms with E-state index in [9.17, 15) is 4.79 Å². The monoisotopic (exact) mass is 254 g/mol. The molecule has 0 aliphatic rings. The van der Waals surface area contributed by atoms with Gasteiger partial charge in [-0.15, -0.1) is 0 Å². The predicted octanol–water partition coefficient (Wildman–Crippen LogP) is 5.18. The van der Waals surface area contributed by atoms with Crippen molar-refractivity contribution in [2.24, 2.45) is 5.92 Å². The van der Waals surface area contributed by atoms with Crippen LogP contribution >= 0.6 is 0 Å². The average molecular weight is 254 g/mol. The second kappa shape index (κ2) is 11.3. The number of carboxylic acids is 1. The van der Waals surface area contributed by atoms with Crippen molar-refractivity contribution in [3.05, 3.63) is 11.6 Å². The summed E-state index contributed by atoms with van der Waals surface area (Å²) < 4.78 is 0. The maximum Gasteiger partial charge on any atom is 0.328 e. The Morgan fingerprint density at radius 1 is 1.00 bits per heavy atom. The van der Waals surface area contributed by atoms with Crippen LogP contribution in [0.15, 0.2) is 11.6 Å². The number of hydrogen-bond donors (Lipinski definition) is 1. The van der Waals surface area contributed by atoms with Gasteiger partial charge in [-0.05, 0) is 25.7 Å². The molecule has 18 heavy (non-hydrogen) atoms. The first-order valence-corrected chi connectivity index (χ1v) is 7.42. The van der Waals surface area contributed by atoms with Gasteiger partial charge in [0, 0.05) is 6.08 Å². The largest absolute Gasteiger partial charge is 0.478 e. The van der Waals surface area contributed by atoms with Crippen LogP contribution in [0.4, 0.5) is 0 Å². The van der Waals surface area contributed by atoms with Gasteiger partial charge in [-0.3, -0.25) is 0 Å². The van der Waals surface area contributed by atoms with E-state index < -0.39 is 5.97 Å². The molecule has 0 fully saturated rings. The van der Waals surface area contributed by atoms with Gasteiger partial charge in [0.05, 0.1) is 0 Å². The van der Waals surface area contributed by atoms with Crippen molar-refractivity contribution < 1.29 is 9.90 Å². The second-order valence-electron chi connectivity index (χ2n) is 5.74. The van der Waals surface area contributed by atoms with Crippen LogP contribution in [0.5, 0.6) is 0 Å². The van der Waals surface area contributed by atoms with Gasteiger partial charge in [0.25, 0.3) is 0 Å². The predicted molar refractivity (Wildman–Crippen MR) is 77.8 cm³/mol. The van der Waals surface area contributed by atoms with Crippen molar-refractivity contribution in [1.29, 1.82) is 0 Å². The Kier molecular flexibility index (Phi) is 10.8. The van der Waals surface area contributed by atoms with E-state index in [1.165, 1.54) is 51.0 Å². The van der Waals surface area contributed by atoms with Gasteiger partial charge >= 0.3 is 5.97 Å². The Morgan fingerprint density at radius 2 is 1.50 bits per heavy atom. The van der Waals surface area contributed by atoms with E-state index in [4.69, 9.17) is 5.11 Å². The van der Waals surface area contributed by atoms with Gasteiger partial charge in [0.1, 0.15) is 0 Å². The molecule has 0 bridgehead atoms. The van der Waals surface area contributed by atoms with E-state index in [1.807, 2.05) is 6.92 Å². The Labute approximate surface area is 112 Å². The number of aliphatic carboxylic acids is 1. The first-order chi connectivity index (χ1) is 8.52. The minimum Gasteiger partial charge on any atom is -0.478 e. The Morgan fingerprint density at radius 3 is 2.00 bits per heavy atom. The van der Waals surface area contributed by atoms with E-state index in [0.717, 1.165) is 24.3 Å². The van der Waals surface area contributed by atoms with Crippen LogP contribution in [0.2, 0.25) is 0 Å². The van der Waals surface area contributed by atoms with Crippen LogP contribution in [0.1, 0.15) is 78.6 Å². The molecule has 0 aromatic heterocycles. The summed E-state index contributed by atoms with van der Waals surface area (Å²) in [5.74, 6) is 0.0200. The van der Waals surface area contributed by atoms with Crippen LogP contribution in [0.25, 0.3) is 0 Å². The van der Waals surface area contributed by atoms with Crippen molar-refractivity contribution in [2.45, 2.75) is 78.6 Å². The fourth-order valence-corrected chi connectivity index (χ4v) is 2.12. The lowest BCUT2D eigenvalue weighted by Gasteiger charge is -2.04. The number of allylic oxidation sites excluding steroid dienone is 1. The fraction of sp³-hybridized carbons (Fsp3) is 0.812. The van der Waals surface area contributed by atoms with Gasteiger partial charge in [0.15, 0.2) is 0 Å². The molecule has 0 saturated heterocycles. The normalized spacial score (nSPS) is 12.1. The molecule has 0 saturated carbocycles. The van der Waals surface area contributed by atoms with E-state index in [0.29, 0.717) is 0 Å². The summed E-state index contributed by atoms with van der Waals surface area (Å²) in [5.41, 5.74) is 0.986. The zero-order valence-corrected chi connectivity index (χ0v) is 12.4.